The Balaban J connectivity index is 1.36. The van der Waals surface area contributed by atoms with Crippen LogP contribution in [-0.2, 0) is 0 Å². The Hall–Kier alpha value is -3.80. The van der Waals surface area contributed by atoms with Crippen LogP contribution in [0.3, 0.4) is 0 Å². The first-order valence-corrected chi connectivity index (χ1v) is 14.5. The van der Waals surface area contributed by atoms with Gasteiger partial charge in [-0.25, -0.2) is 8.78 Å². The summed E-state index contributed by atoms with van der Waals surface area (Å²) in [5.74, 6) is 2.97. The Morgan fingerprint density at radius 3 is 2.80 bits per heavy atom. The number of terminal acetylenes is 1. The third kappa shape index (κ3) is 4.39. The lowest BCUT2D eigenvalue weighted by Gasteiger charge is -2.36. The van der Waals surface area contributed by atoms with E-state index < -0.39 is 12.0 Å². The minimum atomic E-state index is -0.859. The molecule has 0 spiro atoms. The number of alkyl halides is 1. The van der Waals surface area contributed by atoms with Crippen LogP contribution in [-0.4, -0.2) is 72.0 Å². The molecule has 3 fully saturated rings. The molecule has 1 aromatic heterocycles. The summed E-state index contributed by atoms with van der Waals surface area (Å²) in [4.78, 5) is 13.9. The van der Waals surface area contributed by atoms with Crippen LogP contribution in [0.25, 0.3) is 32.8 Å². The molecule has 6 nitrogen and oxygen atoms in total. The van der Waals surface area contributed by atoms with Crippen LogP contribution in [0, 0.1) is 18.2 Å². The predicted octanol–water partition coefficient (Wildman–Crippen LogP) is 5.32. The topological polar surface area (TPSA) is 53.5 Å². The van der Waals surface area contributed by atoms with Gasteiger partial charge in [0.2, 0.25) is 0 Å². The van der Waals surface area contributed by atoms with Crippen LogP contribution in [0.2, 0.25) is 0 Å². The lowest BCUT2D eigenvalue weighted by molar-refractivity contribution is 0.107. The van der Waals surface area contributed by atoms with Crippen molar-refractivity contribution in [3.8, 4) is 29.5 Å². The second kappa shape index (κ2) is 10.2. The van der Waals surface area contributed by atoms with Crippen molar-refractivity contribution in [2.24, 2.45) is 0 Å². The highest BCUT2D eigenvalue weighted by molar-refractivity contribution is 6.03. The molecule has 41 heavy (non-hydrogen) atoms. The summed E-state index contributed by atoms with van der Waals surface area (Å²) in [6.45, 7) is 6.04. The van der Waals surface area contributed by atoms with Gasteiger partial charge in [0.05, 0.1) is 5.54 Å². The minimum absolute atomic E-state index is 0.125. The van der Waals surface area contributed by atoms with E-state index in [2.05, 4.69) is 32.9 Å². The highest BCUT2D eigenvalue weighted by atomic mass is 19.1. The number of piperazine rings is 1. The number of ether oxygens (including phenoxy) is 1. The Labute approximate surface area is 238 Å². The molecule has 4 aromatic rings. The summed E-state index contributed by atoms with van der Waals surface area (Å²) in [5, 5.41) is 5.82. The van der Waals surface area contributed by atoms with Gasteiger partial charge in [0.1, 0.15) is 24.1 Å². The molecule has 0 saturated carbocycles. The number of hydrogen-bond acceptors (Lipinski definition) is 6. The molecule has 0 aliphatic carbocycles. The lowest BCUT2D eigenvalue weighted by Crippen LogP contribution is -2.50. The van der Waals surface area contributed by atoms with Gasteiger partial charge < -0.3 is 15.0 Å². The van der Waals surface area contributed by atoms with Gasteiger partial charge in [-0.05, 0) is 49.4 Å². The molecule has 3 aromatic carbocycles. The first kappa shape index (κ1) is 26.1. The molecule has 210 valence electrons. The zero-order chi connectivity index (χ0) is 28.1. The first-order valence-electron chi connectivity index (χ1n) is 14.5. The van der Waals surface area contributed by atoms with Gasteiger partial charge in [-0.1, -0.05) is 42.3 Å². The van der Waals surface area contributed by atoms with Crippen LogP contribution < -0.4 is 15.0 Å². The summed E-state index contributed by atoms with van der Waals surface area (Å²) < 4.78 is 37.3. The summed E-state index contributed by atoms with van der Waals surface area (Å²) in [6.07, 6.45) is 7.31. The Morgan fingerprint density at radius 2 is 1.98 bits per heavy atom. The lowest BCUT2D eigenvalue weighted by atomic mass is 9.93. The minimum Gasteiger partial charge on any atom is -0.461 e. The van der Waals surface area contributed by atoms with Gasteiger partial charge in [0.15, 0.2) is 5.82 Å². The Morgan fingerprint density at radius 1 is 1.12 bits per heavy atom. The maximum absolute atomic E-state index is 16.7. The van der Waals surface area contributed by atoms with Crippen LogP contribution in [0.15, 0.2) is 48.5 Å². The molecular formula is C33H33F2N5O. The number of nitrogens with zero attached hydrogens (tertiary/aromatic N) is 4. The molecule has 3 atom stereocenters. The fourth-order valence-corrected chi connectivity index (χ4v) is 7.11. The molecule has 8 heteroatoms. The van der Waals surface area contributed by atoms with E-state index in [1.165, 1.54) is 0 Å². The van der Waals surface area contributed by atoms with Crippen LogP contribution in [0.4, 0.5) is 14.6 Å². The van der Waals surface area contributed by atoms with Crippen LogP contribution >= 0.6 is 0 Å². The van der Waals surface area contributed by atoms with Crippen molar-refractivity contribution in [1.82, 2.24) is 20.2 Å². The zero-order valence-corrected chi connectivity index (χ0v) is 23.2. The zero-order valence-electron chi connectivity index (χ0n) is 23.2. The third-order valence-electron chi connectivity index (χ3n) is 9.12. The molecule has 3 saturated heterocycles. The van der Waals surface area contributed by atoms with Crippen LogP contribution in [0.1, 0.15) is 31.7 Å². The van der Waals surface area contributed by atoms with Crippen LogP contribution in [0.5, 0.6) is 6.01 Å². The molecule has 1 N–H and O–H groups in total. The van der Waals surface area contributed by atoms with Crippen molar-refractivity contribution in [1.29, 1.82) is 0 Å². The van der Waals surface area contributed by atoms with Crippen molar-refractivity contribution in [2.75, 3.05) is 44.2 Å². The van der Waals surface area contributed by atoms with Crippen molar-refractivity contribution in [3.63, 3.8) is 0 Å². The van der Waals surface area contributed by atoms with Crippen molar-refractivity contribution in [2.45, 2.75) is 43.9 Å². The van der Waals surface area contributed by atoms with E-state index in [0.29, 0.717) is 40.9 Å². The van der Waals surface area contributed by atoms with E-state index in [4.69, 9.17) is 16.1 Å². The van der Waals surface area contributed by atoms with Gasteiger partial charge >= 0.3 is 6.01 Å². The number of fused-ring (bicyclic) bond motifs is 3. The molecule has 0 radical (unpaired) electrons. The largest absolute Gasteiger partial charge is 0.461 e. The van der Waals surface area contributed by atoms with E-state index in [9.17, 15) is 4.39 Å². The maximum atomic E-state index is 16.7. The van der Waals surface area contributed by atoms with Gasteiger partial charge in [-0.15, -0.1) is 6.42 Å². The predicted molar refractivity (Wildman–Crippen MR) is 159 cm³/mol. The number of halogens is 2. The smallest absolute Gasteiger partial charge is 0.319 e. The van der Waals surface area contributed by atoms with Gasteiger partial charge in [-0.2, -0.15) is 9.97 Å². The van der Waals surface area contributed by atoms with Gasteiger partial charge in [0.25, 0.3) is 0 Å². The van der Waals surface area contributed by atoms with E-state index >= 15 is 4.39 Å². The summed E-state index contributed by atoms with van der Waals surface area (Å²) in [6, 6.07) is 15.5. The maximum Gasteiger partial charge on any atom is 0.319 e. The second-order valence-corrected chi connectivity index (χ2v) is 11.6. The Kier molecular flexibility index (Phi) is 6.52. The first-order chi connectivity index (χ1) is 20.0. The average Bonchev–Trinajstić information content (AvgIpc) is 3.51. The Bertz CT molecular complexity index is 1680. The molecule has 3 aliphatic heterocycles. The number of nitrogens with one attached hydrogen (secondary N) is 1. The average molecular weight is 554 g/mol. The highest BCUT2D eigenvalue weighted by Gasteiger charge is 2.49. The van der Waals surface area contributed by atoms with Crippen molar-refractivity contribution < 1.29 is 13.5 Å². The summed E-state index contributed by atoms with van der Waals surface area (Å²) >= 11 is 0. The molecular weight excluding hydrogens is 520 g/mol. The quantitative estimate of drug-likeness (QED) is 0.338. The number of benzene rings is 3. The van der Waals surface area contributed by atoms with E-state index in [1.807, 2.05) is 42.5 Å². The highest BCUT2D eigenvalue weighted by Crippen LogP contribution is 2.41. The standard InChI is InChI=1S/C33H33F2N5O/c1-3-22-7-4-8-23-9-5-10-25(28(22)23)26-11-12-27-30(29(26)35)37-32(38-31(27)40-16-14-36-18-21(40)2)41-20-33-13-6-15-39(33)19-24(34)17-33/h1,4-5,7-12,21,24,36H,6,13-20H2,2H3/t21-,24+,33-/m0/s1. The van der Waals surface area contributed by atoms with E-state index in [0.717, 1.165) is 49.8 Å². The normalized spacial score (nSPS) is 24.6. The molecule has 4 heterocycles. The van der Waals surface area contributed by atoms with Gasteiger partial charge in [-0.3, -0.25) is 4.90 Å². The summed E-state index contributed by atoms with van der Waals surface area (Å²) in [7, 11) is 0. The number of hydrogen-bond donors (Lipinski definition) is 1. The fraction of sp³-hybridized carbons (Fsp3) is 0.394. The van der Waals surface area contributed by atoms with E-state index in [1.54, 1.807) is 6.07 Å². The summed E-state index contributed by atoms with van der Waals surface area (Å²) in [5.41, 5.74) is 1.71. The number of rotatable bonds is 5. The van der Waals surface area contributed by atoms with E-state index in [-0.39, 0.29) is 29.7 Å². The van der Waals surface area contributed by atoms with Crippen molar-refractivity contribution in [3.05, 3.63) is 59.9 Å². The number of anilines is 1. The molecule has 3 aliphatic rings. The molecule has 7 rings (SSSR count). The third-order valence-corrected chi connectivity index (χ3v) is 9.12. The van der Waals surface area contributed by atoms with Crippen molar-refractivity contribution >= 4 is 27.5 Å². The number of aromatic nitrogens is 2. The molecule has 0 amide bonds. The molecule has 0 bridgehead atoms. The van der Waals surface area contributed by atoms with Gasteiger partial charge in [0, 0.05) is 60.5 Å². The second-order valence-electron chi connectivity index (χ2n) is 11.6. The fourth-order valence-electron chi connectivity index (χ4n) is 7.11. The SMILES string of the molecule is C#Cc1cccc2cccc(-c3ccc4c(N5CCNC[C@@H]5C)nc(OC[C@@]56CCCN5C[C@H](F)C6)nc4c3F)c12. The monoisotopic (exact) mass is 553 g/mol. The molecule has 0 unspecified atom stereocenters.